The van der Waals surface area contributed by atoms with Gasteiger partial charge in [-0.1, -0.05) is 0 Å². The summed E-state index contributed by atoms with van der Waals surface area (Å²) >= 11 is 0. The second-order valence-corrected chi connectivity index (χ2v) is 8.64. The molecule has 5 rings (SSSR count). The van der Waals surface area contributed by atoms with Gasteiger partial charge in [-0.05, 0) is 44.2 Å². The number of benzene rings is 1. The molecule has 1 aliphatic heterocycles. The third-order valence-corrected chi connectivity index (χ3v) is 5.94. The van der Waals surface area contributed by atoms with E-state index in [0.29, 0.717) is 46.8 Å². The summed E-state index contributed by atoms with van der Waals surface area (Å²) < 4.78 is 12.4. The van der Waals surface area contributed by atoms with E-state index >= 15 is 0 Å². The Balaban J connectivity index is 1.72. The van der Waals surface area contributed by atoms with Crippen molar-refractivity contribution in [1.29, 1.82) is 0 Å². The Morgan fingerprint density at radius 3 is 2.49 bits per heavy atom. The SMILES string of the molecule is CC(C)Oc1ccc(-c2cc(C(N)=O)c3c(n2)c2ccc(N4CCOCC4)cc2n3C(N)=O)cn1. The second-order valence-electron chi connectivity index (χ2n) is 8.64. The van der Waals surface area contributed by atoms with Gasteiger partial charge in [0.25, 0.3) is 5.91 Å². The summed E-state index contributed by atoms with van der Waals surface area (Å²) in [5.74, 6) is -0.203. The van der Waals surface area contributed by atoms with Crippen LogP contribution in [0.4, 0.5) is 10.5 Å². The lowest BCUT2D eigenvalue weighted by Gasteiger charge is -2.28. The number of rotatable bonds is 5. The van der Waals surface area contributed by atoms with Gasteiger partial charge in [0.1, 0.15) is 0 Å². The Morgan fingerprint density at radius 1 is 1.09 bits per heavy atom. The normalized spacial score (nSPS) is 14.1. The van der Waals surface area contributed by atoms with Crippen LogP contribution in [0.1, 0.15) is 24.2 Å². The van der Waals surface area contributed by atoms with Crippen molar-refractivity contribution < 1.29 is 19.1 Å². The molecular weight excluding hydrogens is 448 g/mol. The van der Waals surface area contributed by atoms with E-state index in [1.807, 2.05) is 38.1 Å². The van der Waals surface area contributed by atoms with E-state index in [9.17, 15) is 9.59 Å². The molecule has 4 heterocycles. The van der Waals surface area contributed by atoms with E-state index in [1.54, 1.807) is 18.3 Å². The number of nitrogens with zero attached hydrogens (tertiary/aromatic N) is 4. The lowest BCUT2D eigenvalue weighted by molar-refractivity contribution is 0.100. The van der Waals surface area contributed by atoms with Gasteiger partial charge in [-0.2, -0.15) is 0 Å². The quantitative estimate of drug-likeness (QED) is 0.453. The summed E-state index contributed by atoms with van der Waals surface area (Å²) in [5.41, 5.74) is 15.1. The Labute approximate surface area is 201 Å². The molecule has 3 aromatic heterocycles. The number of ether oxygens (including phenoxy) is 2. The van der Waals surface area contributed by atoms with Crippen molar-refractivity contribution in [1.82, 2.24) is 14.5 Å². The summed E-state index contributed by atoms with van der Waals surface area (Å²) in [5, 5.41) is 0.688. The van der Waals surface area contributed by atoms with E-state index in [1.165, 1.54) is 4.57 Å². The van der Waals surface area contributed by atoms with Gasteiger partial charge in [0, 0.05) is 42.0 Å². The van der Waals surface area contributed by atoms with Gasteiger partial charge in [0.05, 0.1) is 47.1 Å². The number of aromatic nitrogens is 3. The molecule has 0 spiro atoms. The fraction of sp³-hybridized carbons (Fsp3) is 0.280. The van der Waals surface area contributed by atoms with Crippen LogP contribution in [-0.2, 0) is 4.74 Å². The monoisotopic (exact) mass is 474 g/mol. The first-order valence-corrected chi connectivity index (χ1v) is 11.4. The van der Waals surface area contributed by atoms with Gasteiger partial charge in [0.15, 0.2) is 0 Å². The van der Waals surface area contributed by atoms with E-state index in [4.69, 9.17) is 25.9 Å². The molecule has 4 N–H and O–H groups in total. The summed E-state index contributed by atoms with van der Waals surface area (Å²) in [4.78, 5) is 36.4. The number of nitrogens with two attached hydrogens (primary N) is 2. The topological polar surface area (TPSA) is 139 Å². The van der Waals surface area contributed by atoms with Gasteiger partial charge in [-0.15, -0.1) is 0 Å². The standard InChI is InChI=1S/C25H26N6O4/c1-14(2)35-21-6-3-15(13-28-21)19-12-18(24(26)32)23-22(29-19)17-5-4-16(30-7-9-34-10-8-30)11-20(17)31(23)25(27)33/h3-6,11-14H,7-10H2,1-2H3,(H2,26,32)(H2,27,33). The van der Waals surface area contributed by atoms with Crippen molar-refractivity contribution in [3.8, 4) is 17.1 Å². The summed E-state index contributed by atoms with van der Waals surface area (Å²) in [6.07, 6.45) is 1.62. The number of amides is 2. The van der Waals surface area contributed by atoms with Gasteiger partial charge in [-0.3, -0.25) is 9.36 Å². The summed E-state index contributed by atoms with van der Waals surface area (Å²) in [6, 6.07) is 10.1. The van der Waals surface area contributed by atoms with Crippen LogP contribution in [0.5, 0.6) is 5.88 Å². The molecule has 1 fully saturated rings. The van der Waals surface area contributed by atoms with Crippen LogP contribution in [0.3, 0.4) is 0 Å². The molecule has 2 amide bonds. The van der Waals surface area contributed by atoms with Gasteiger partial charge in [0.2, 0.25) is 5.88 Å². The minimum absolute atomic E-state index is 0.00780. The Hall–Kier alpha value is -4.18. The van der Waals surface area contributed by atoms with Crippen molar-refractivity contribution >= 4 is 39.6 Å². The predicted octanol–water partition coefficient (Wildman–Crippen LogP) is 2.90. The smallest absolute Gasteiger partial charge is 0.324 e. The fourth-order valence-electron chi connectivity index (χ4n) is 4.40. The average Bonchev–Trinajstić information content (AvgIpc) is 3.18. The van der Waals surface area contributed by atoms with Crippen molar-refractivity contribution in [3.05, 3.63) is 48.2 Å². The Bertz CT molecular complexity index is 1440. The lowest BCUT2D eigenvalue weighted by Crippen LogP contribution is -2.36. The van der Waals surface area contributed by atoms with Crippen LogP contribution in [0.15, 0.2) is 42.6 Å². The van der Waals surface area contributed by atoms with Crippen LogP contribution in [0.25, 0.3) is 33.2 Å². The molecule has 1 aliphatic rings. The third kappa shape index (κ3) is 4.12. The molecule has 0 saturated carbocycles. The molecule has 0 radical (unpaired) electrons. The highest BCUT2D eigenvalue weighted by Crippen LogP contribution is 2.35. The number of carbonyl (C=O) groups is 2. The van der Waals surface area contributed by atoms with E-state index in [0.717, 1.165) is 18.8 Å². The third-order valence-electron chi connectivity index (χ3n) is 5.94. The number of hydrogen-bond donors (Lipinski definition) is 2. The Kier molecular flexibility index (Phi) is 5.73. The molecular formula is C25H26N6O4. The summed E-state index contributed by atoms with van der Waals surface area (Å²) in [7, 11) is 0. The molecule has 0 aliphatic carbocycles. The van der Waals surface area contributed by atoms with Crippen molar-refractivity contribution in [2.75, 3.05) is 31.2 Å². The fourth-order valence-corrected chi connectivity index (χ4v) is 4.40. The van der Waals surface area contributed by atoms with E-state index in [2.05, 4.69) is 9.88 Å². The van der Waals surface area contributed by atoms with Gasteiger partial charge >= 0.3 is 6.03 Å². The minimum atomic E-state index is -0.724. The van der Waals surface area contributed by atoms with E-state index in [-0.39, 0.29) is 17.2 Å². The maximum absolute atomic E-state index is 12.6. The highest BCUT2D eigenvalue weighted by molar-refractivity contribution is 6.18. The first kappa shape index (κ1) is 22.6. The van der Waals surface area contributed by atoms with Crippen molar-refractivity contribution in [2.45, 2.75) is 20.0 Å². The molecule has 35 heavy (non-hydrogen) atoms. The van der Waals surface area contributed by atoms with E-state index < -0.39 is 11.9 Å². The largest absolute Gasteiger partial charge is 0.475 e. The maximum Gasteiger partial charge on any atom is 0.324 e. The highest BCUT2D eigenvalue weighted by Gasteiger charge is 2.23. The Morgan fingerprint density at radius 2 is 1.86 bits per heavy atom. The van der Waals surface area contributed by atoms with Gasteiger partial charge < -0.3 is 25.8 Å². The average molecular weight is 475 g/mol. The molecule has 0 bridgehead atoms. The lowest BCUT2D eigenvalue weighted by atomic mass is 10.1. The molecule has 4 aromatic rings. The molecule has 0 unspecified atom stereocenters. The number of primary amides is 2. The van der Waals surface area contributed by atoms with Crippen molar-refractivity contribution in [3.63, 3.8) is 0 Å². The molecule has 1 saturated heterocycles. The number of hydrogen-bond acceptors (Lipinski definition) is 7. The van der Waals surface area contributed by atoms with Gasteiger partial charge in [-0.25, -0.2) is 14.8 Å². The minimum Gasteiger partial charge on any atom is -0.475 e. The molecule has 0 atom stereocenters. The highest BCUT2D eigenvalue weighted by atomic mass is 16.5. The predicted molar refractivity (Wildman–Crippen MR) is 133 cm³/mol. The molecule has 1 aromatic carbocycles. The summed E-state index contributed by atoms with van der Waals surface area (Å²) in [6.45, 7) is 6.57. The van der Waals surface area contributed by atoms with Crippen LogP contribution in [0.2, 0.25) is 0 Å². The first-order chi connectivity index (χ1) is 16.8. The zero-order chi connectivity index (χ0) is 24.7. The van der Waals surface area contributed by atoms with Crippen LogP contribution in [0, 0.1) is 0 Å². The van der Waals surface area contributed by atoms with Crippen LogP contribution in [-0.4, -0.2) is 58.9 Å². The number of morpholine rings is 1. The maximum atomic E-state index is 12.6. The number of anilines is 1. The second kappa shape index (κ2) is 8.88. The zero-order valence-electron chi connectivity index (χ0n) is 19.5. The van der Waals surface area contributed by atoms with Crippen LogP contribution >= 0.6 is 0 Å². The molecule has 180 valence electrons. The van der Waals surface area contributed by atoms with Crippen LogP contribution < -0.4 is 21.1 Å². The van der Waals surface area contributed by atoms with Crippen molar-refractivity contribution in [2.24, 2.45) is 11.5 Å². The molecule has 10 heteroatoms. The number of pyridine rings is 2. The first-order valence-electron chi connectivity index (χ1n) is 11.4. The number of fused-ring (bicyclic) bond motifs is 3. The zero-order valence-corrected chi connectivity index (χ0v) is 19.5. The molecule has 10 nitrogen and oxygen atoms in total. The number of carbonyl (C=O) groups excluding carboxylic acids is 2.